The second-order valence-corrected chi connectivity index (χ2v) is 4.73. The van der Waals surface area contributed by atoms with Crippen LogP contribution in [0.2, 0.25) is 0 Å². The van der Waals surface area contributed by atoms with Gasteiger partial charge >= 0.3 is 0 Å². The normalized spacial score (nSPS) is 12.4. The van der Waals surface area contributed by atoms with Gasteiger partial charge in [-0.1, -0.05) is 19.1 Å². The van der Waals surface area contributed by atoms with E-state index >= 15 is 0 Å². The first-order valence-electron chi connectivity index (χ1n) is 6.63. The van der Waals surface area contributed by atoms with Gasteiger partial charge in [-0.2, -0.15) is 0 Å². The van der Waals surface area contributed by atoms with E-state index in [1.54, 1.807) is 13.0 Å². The molecular weight excluding hydrogens is 282 g/mol. The SMILES string of the molecule is CCNC(Cc1cccc(F)c1)c1c(F)cc(F)cc1F. The van der Waals surface area contributed by atoms with Gasteiger partial charge in [0.15, 0.2) is 0 Å². The summed E-state index contributed by atoms with van der Waals surface area (Å²) >= 11 is 0. The Bertz CT molecular complexity index is 604. The molecule has 0 aromatic heterocycles. The van der Waals surface area contributed by atoms with E-state index in [0.29, 0.717) is 24.2 Å². The second-order valence-electron chi connectivity index (χ2n) is 4.73. The van der Waals surface area contributed by atoms with Gasteiger partial charge in [-0.05, 0) is 30.7 Å². The zero-order valence-corrected chi connectivity index (χ0v) is 11.5. The van der Waals surface area contributed by atoms with E-state index in [-0.39, 0.29) is 12.0 Å². The Morgan fingerprint density at radius 1 is 0.952 bits per heavy atom. The predicted molar refractivity (Wildman–Crippen MR) is 72.8 cm³/mol. The number of hydrogen-bond acceptors (Lipinski definition) is 1. The Balaban J connectivity index is 2.35. The molecule has 1 unspecified atom stereocenters. The third-order valence-electron chi connectivity index (χ3n) is 3.17. The molecule has 1 atom stereocenters. The number of likely N-dealkylation sites (N-methyl/N-ethyl adjacent to an activating group) is 1. The molecule has 5 heteroatoms. The van der Waals surface area contributed by atoms with Crippen LogP contribution in [0.25, 0.3) is 0 Å². The Labute approximate surface area is 120 Å². The van der Waals surface area contributed by atoms with Crippen LogP contribution in [0.3, 0.4) is 0 Å². The van der Waals surface area contributed by atoms with Gasteiger partial charge in [0.1, 0.15) is 23.3 Å². The number of halogens is 4. The van der Waals surface area contributed by atoms with Crippen molar-refractivity contribution >= 4 is 0 Å². The minimum Gasteiger partial charge on any atom is -0.310 e. The predicted octanol–water partition coefficient (Wildman–Crippen LogP) is 4.14. The Morgan fingerprint density at radius 3 is 2.19 bits per heavy atom. The first-order valence-corrected chi connectivity index (χ1v) is 6.63. The minimum absolute atomic E-state index is 0.199. The quantitative estimate of drug-likeness (QED) is 0.818. The van der Waals surface area contributed by atoms with Gasteiger partial charge in [-0.25, -0.2) is 17.6 Å². The van der Waals surface area contributed by atoms with E-state index < -0.39 is 29.3 Å². The van der Waals surface area contributed by atoms with Crippen molar-refractivity contribution in [2.24, 2.45) is 0 Å². The molecular formula is C16H15F4N. The van der Waals surface area contributed by atoms with Crippen molar-refractivity contribution < 1.29 is 17.6 Å². The molecule has 2 aromatic rings. The molecule has 0 radical (unpaired) electrons. The summed E-state index contributed by atoms with van der Waals surface area (Å²) in [5.74, 6) is -3.28. The number of nitrogens with one attached hydrogen (secondary N) is 1. The van der Waals surface area contributed by atoms with Crippen LogP contribution in [0.5, 0.6) is 0 Å². The molecule has 1 nitrogen and oxygen atoms in total. The van der Waals surface area contributed by atoms with Crippen LogP contribution >= 0.6 is 0 Å². The molecule has 112 valence electrons. The van der Waals surface area contributed by atoms with E-state index in [9.17, 15) is 17.6 Å². The molecule has 0 aliphatic rings. The lowest BCUT2D eigenvalue weighted by atomic mass is 9.97. The van der Waals surface area contributed by atoms with E-state index in [1.165, 1.54) is 18.2 Å². The average molecular weight is 297 g/mol. The molecule has 0 amide bonds. The smallest absolute Gasteiger partial charge is 0.133 e. The highest BCUT2D eigenvalue weighted by Crippen LogP contribution is 2.25. The van der Waals surface area contributed by atoms with Crippen LogP contribution in [0.15, 0.2) is 36.4 Å². The van der Waals surface area contributed by atoms with Gasteiger partial charge in [-0.3, -0.25) is 0 Å². The summed E-state index contributed by atoms with van der Waals surface area (Å²) in [5, 5.41) is 2.94. The van der Waals surface area contributed by atoms with Crippen molar-refractivity contribution in [2.45, 2.75) is 19.4 Å². The van der Waals surface area contributed by atoms with Crippen LogP contribution < -0.4 is 5.32 Å². The van der Waals surface area contributed by atoms with E-state index in [2.05, 4.69) is 5.32 Å². The van der Waals surface area contributed by atoms with E-state index in [0.717, 1.165) is 0 Å². The van der Waals surface area contributed by atoms with Crippen molar-refractivity contribution in [3.8, 4) is 0 Å². The first-order chi connectivity index (χ1) is 10.0. The van der Waals surface area contributed by atoms with E-state index in [1.807, 2.05) is 0 Å². The summed E-state index contributed by atoms with van der Waals surface area (Å²) in [4.78, 5) is 0. The molecule has 0 saturated carbocycles. The highest BCUT2D eigenvalue weighted by Gasteiger charge is 2.21. The van der Waals surface area contributed by atoms with Crippen molar-refractivity contribution in [1.82, 2.24) is 5.32 Å². The third kappa shape index (κ3) is 3.82. The number of rotatable bonds is 5. The number of hydrogen-bond donors (Lipinski definition) is 1. The Morgan fingerprint density at radius 2 is 1.62 bits per heavy atom. The van der Waals surface area contributed by atoms with Crippen LogP contribution in [0, 0.1) is 23.3 Å². The minimum atomic E-state index is -0.963. The summed E-state index contributed by atoms with van der Waals surface area (Å²) in [7, 11) is 0. The molecule has 0 fully saturated rings. The molecule has 0 heterocycles. The van der Waals surface area contributed by atoms with Gasteiger partial charge in [0.05, 0.1) is 0 Å². The lowest BCUT2D eigenvalue weighted by molar-refractivity contribution is 0.461. The molecule has 2 aromatic carbocycles. The van der Waals surface area contributed by atoms with Crippen LogP contribution in [-0.4, -0.2) is 6.54 Å². The molecule has 0 aliphatic carbocycles. The molecule has 1 N–H and O–H groups in total. The standard InChI is InChI=1S/C16H15F4N/c1-2-21-15(7-10-4-3-5-11(17)6-10)16-13(19)8-12(18)9-14(16)20/h3-6,8-9,15,21H,2,7H2,1H3. The fourth-order valence-corrected chi connectivity index (χ4v) is 2.31. The summed E-state index contributed by atoms with van der Waals surface area (Å²) in [6.45, 7) is 2.26. The lowest BCUT2D eigenvalue weighted by Gasteiger charge is -2.20. The van der Waals surface area contributed by atoms with Crippen molar-refractivity contribution in [2.75, 3.05) is 6.54 Å². The summed E-state index contributed by atoms with van der Waals surface area (Å²) < 4.78 is 53.9. The van der Waals surface area contributed by atoms with Crippen LogP contribution in [-0.2, 0) is 6.42 Å². The lowest BCUT2D eigenvalue weighted by Crippen LogP contribution is -2.25. The highest BCUT2D eigenvalue weighted by atomic mass is 19.1. The summed E-state index contributed by atoms with van der Waals surface area (Å²) in [5.41, 5.74) is 0.367. The van der Waals surface area contributed by atoms with Crippen molar-refractivity contribution in [3.05, 3.63) is 70.8 Å². The summed E-state index contributed by atoms with van der Waals surface area (Å²) in [6, 6.07) is 6.41. The third-order valence-corrected chi connectivity index (χ3v) is 3.17. The molecule has 21 heavy (non-hydrogen) atoms. The topological polar surface area (TPSA) is 12.0 Å². The molecule has 0 aliphatic heterocycles. The van der Waals surface area contributed by atoms with Gasteiger partial charge < -0.3 is 5.32 Å². The fraction of sp³-hybridized carbons (Fsp3) is 0.250. The highest BCUT2D eigenvalue weighted by molar-refractivity contribution is 5.27. The molecule has 2 rings (SSSR count). The van der Waals surface area contributed by atoms with E-state index in [4.69, 9.17) is 0 Å². The maximum atomic E-state index is 13.9. The monoisotopic (exact) mass is 297 g/mol. The van der Waals surface area contributed by atoms with Crippen LogP contribution in [0.4, 0.5) is 17.6 Å². The first kappa shape index (κ1) is 15.5. The maximum absolute atomic E-state index is 13.9. The van der Waals surface area contributed by atoms with Crippen molar-refractivity contribution in [3.63, 3.8) is 0 Å². The van der Waals surface area contributed by atoms with Gasteiger partial charge in [0.25, 0.3) is 0 Å². The average Bonchev–Trinajstić information content (AvgIpc) is 2.37. The van der Waals surface area contributed by atoms with Crippen LogP contribution in [0.1, 0.15) is 24.1 Å². The molecule has 0 spiro atoms. The number of benzene rings is 2. The van der Waals surface area contributed by atoms with Gasteiger partial charge in [0, 0.05) is 23.7 Å². The Kier molecular flexibility index (Phi) is 4.96. The van der Waals surface area contributed by atoms with Crippen molar-refractivity contribution in [1.29, 1.82) is 0 Å². The molecule has 0 bridgehead atoms. The second kappa shape index (κ2) is 6.72. The largest absolute Gasteiger partial charge is 0.310 e. The molecule has 0 saturated heterocycles. The Hall–Kier alpha value is -1.88. The maximum Gasteiger partial charge on any atom is 0.133 e. The van der Waals surface area contributed by atoms with Gasteiger partial charge in [-0.15, -0.1) is 0 Å². The van der Waals surface area contributed by atoms with Gasteiger partial charge in [0.2, 0.25) is 0 Å². The zero-order valence-electron chi connectivity index (χ0n) is 11.5. The zero-order chi connectivity index (χ0) is 15.4. The fourth-order valence-electron chi connectivity index (χ4n) is 2.31. The summed E-state index contributed by atoms with van der Waals surface area (Å²) in [6.07, 6.45) is 0.199.